The summed E-state index contributed by atoms with van der Waals surface area (Å²) in [7, 11) is 0. The second kappa shape index (κ2) is 7.90. The molecule has 3 N–H and O–H groups in total. The zero-order valence-corrected chi connectivity index (χ0v) is 10.6. The molecule has 0 fully saturated rings. The number of ether oxygens (including phenoxy) is 1. The van der Waals surface area contributed by atoms with Crippen LogP contribution in [0.5, 0.6) is 0 Å². The third-order valence-corrected chi connectivity index (χ3v) is 2.45. The van der Waals surface area contributed by atoms with Crippen LogP contribution in [0.2, 0.25) is 0 Å². The number of hydrogen-bond acceptors (Lipinski definition) is 5. The van der Waals surface area contributed by atoms with Gasteiger partial charge in [0.05, 0.1) is 0 Å². The van der Waals surface area contributed by atoms with Crippen molar-refractivity contribution >= 4 is 18.3 Å². The number of aliphatic hydroxyl groups is 1. The predicted molar refractivity (Wildman–Crippen MR) is 67.1 cm³/mol. The van der Waals surface area contributed by atoms with Gasteiger partial charge in [-0.3, -0.25) is 9.59 Å². The lowest BCUT2D eigenvalue weighted by atomic mass is 10.1. The predicted octanol–water partition coefficient (Wildman–Crippen LogP) is -0.254. The number of carbonyl (C=O) groups excluding carboxylic acids is 2. The second-order valence-electron chi connectivity index (χ2n) is 3.90. The first-order valence-corrected chi connectivity index (χ1v) is 5.91. The van der Waals surface area contributed by atoms with E-state index in [9.17, 15) is 14.4 Å². The largest absolute Gasteiger partial charge is 0.477 e. The lowest BCUT2D eigenvalue weighted by Gasteiger charge is -2.11. The van der Waals surface area contributed by atoms with Gasteiger partial charge < -0.3 is 20.3 Å². The van der Waals surface area contributed by atoms with Gasteiger partial charge in [0.25, 0.3) is 6.23 Å². The fraction of sp³-hybridized carbons (Fsp3) is 0.308. The Labute approximate surface area is 114 Å². The molecule has 108 valence electrons. The molecule has 0 saturated carbocycles. The smallest absolute Gasteiger partial charge is 0.366 e. The summed E-state index contributed by atoms with van der Waals surface area (Å²) in [5, 5.41) is 21.5. The van der Waals surface area contributed by atoms with E-state index < -0.39 is 18.2 Å². The second-order valence-corrected chi connectivity index (χ2v) is 3.90. The van der Waals surface area contributed by atoms with E-state index in [-0.39, 0.29) is 25.9 Å². The number of esters is 1. The summed E-state index contributed by atoms with van der Waals surface area (Å²) in [5.41, 5.74) is 0. The average molecular weight is 281 g/mol. The van der Waals surface area contributed by atoms with Crippen LogP contribution < -0.4 is 5.32 Å². The molecule has 0 aliphatic heterocycles. The molecular formula is C13H15NO6. The molecule has 0 spiro atoms. The molecule has 2 rings (SSSR count). The molecule has 7 nitrogen and oxygen atoms in total. The van der Waals surface area contributed by atoms with E-state index in [1.54, 1.807) is 5.32 Å². The SMILES string of the molecule is O=CNC(OC(=O)CCCO)C(=O)O.c1cc2ccc1=2. The number of carboxylic acid groups (broad SMARTS) is 1. The molecule has 0 bridgehead atoms. The molecule has 1 amide bonds. The van der Waals surface area contributed by atoms with E-state index in [4.69, 9.17) is 10.2 Å². The number of carbonyl (C=O) groups is 3. The Hall–Kier alpha value is -2.41. The van der Waals surface area contributed by atoms with Crippen molar-refractivity contribution in [2.24, 2.45) is 0 Å². The van der Waals surface area contributed by atoms with Crippen LogP contribution in [0, 0.1) is 10.4 Å². The van der Waals surface area contributed by atoms with E-state index in [1.165, 1.54) is 10.4 Å². The van der Waals surface area contributed by atoms with Gasteiger partial charge in [-0.05, 0) is 16.9 Å². The van der Waals surface area contributed by atoms with Crippen LogP contribution >= 0.6 is 0 Å². The maximum Gasteiger partial charge on any atom is 0.366 e. The summed E-state index contributed by atoms with van der Waals surface area (Å²) < 4.78 is 4.36. The number of rotatable bonds is 7. The van der Waals surface area contributed by atoms with E-state index in [0.29, 0.717) is 0 Å². The summed E-state index contributed by atoms with van der Waals surface area (Å²) in [4.78, 5) is 31.1. The lowest BCUT2D eigenvalue weighted by molar-refractivity contribution is -0.166. The highest BCUT2D eigenvalue weighted by Crippen LogP contribution is 2.04. The number of nitrogens with one attached hydrogen (secondary N) is 1. The fourth-order valence-electron chi connectivity index (χ4n) is 1.29. The molecule has 0 saturated heterocycles. The molecule has 20 heavy (non-hydrogen) atoms. The van der Waals surface area contributed by atoms with Crippen LogP contribution in [0.25, 0.3) is 0 Å². The third-order valence-electron chi connectivity index (χ3n) is 2.45. The van der Waals surface area contributed by atoms with Crippen molar-refractivity contribution < 1.29 is 29.3 Å². The van der Waals surface area contributed by atoms with Crippen LogP contribution in [0.3, 0.4) is 0 Å². The van der Waals surface area contributed by atoms with Gasteiger partial charge in [0, 0.05) is 13.0 Å². The van der Waals surface area contributed by atoms with Crippen LogP contribution in [-0.4, -0.2) is 41.4 Å². The van der Waals surface area contributed by atoms with Gasteiger partial charge >= 0.3 is 11.9 Å². The van der Waals surface area contributed by atoms with Gasteiger partial charge in [-0.15, -0.1) is 0 Å². The standard InChI is InChI=1S/C7H11NO6.C6H4/c9-3-1-2-5(11)14-6(7(12)13)8-4-10;1-2-6-4-3-5(1)6/h4,6,9H,1-3H2,(H,8,10)(H,12,13);1-4H. The molecule has 0 aromatic heterocycles. The molecule has 0 aromatic rings. The average Bonchev–Trinajstić information content (AvgIpc) is 2.40. The zero-order valence-electron chi connectivity index (χ0n) is 10.6. The zero-order chi connectivity index (χ0) is 15.0. The minimum Gasteiger partial charge on any atom is -0.477 e. The van der Waals surface area contributed by atoms with Crippen molar-refractivity contribution in [2.45, 2.75) is 19.1 Å². The monoisotopic (exact) mass is 281 g/mol. The van der Waals surface area contributed by atoms with Gasteiger partial charge in [0.15, 0.2) is 0 Å². The maximum absolute atomic E-state index is 10.8. The highest BCUT2D eigenvalue weighted by molar-refractivity contribution is 5.79. The summed E-state index contributed by atoms with van der Waals surface area (Å²) in [6.45, 7) is -0.187. The first kappa shape index (κ1) is 15.6. The number of aliphatic carboxylic acids is 1. The topological polar surface area (TPSA) is 113 Å². The van der Waals surface area contributed by atoms with Crippen LogP contribution in [0.15, 0.2) is 24.3 Å². The molecule has 0 aromatic carbocycles. The van der Waals surface area contributed by atoms with E-state index in [0.717, 1.165) is 0 Å². The van der Waals surface area contributed by atoms with Gasteiger partial charge in [0.1, 0.15) is 0 Å². The lowest BCUT2D eigenvalue weighted by Crippen LogP contribution is -2.39. The summed E-state index contributed by atoms with van der Waals surface area (Å²) in [6, 6.07) is 8.48. The van der Waals surface area contributed by atoms with E-state index in [1.807, 2.05) is 0 Å². The normalized spacial score (nSPS) is 11.4. The Morgan fingerprint density at radius 3 is 2.10 bits per heavy atom. The number of aliphatic hydroxyl groups excluding tert-OH is 1. The van der Waals surface area contributed by atoms with Crippen LogP contribution in [0.1, 0.15) is 12.8 Å². The number of hydrogen-bond donors (Lipinski definition) is 3. The van der Waals surface area contributed by atoms with E-state index in [2.05, 4.69) is 29.0 Å². The Morgan fingerprint density at radius 2 is 1.80 bits per heavy atom. The van der Waals surface area contributed by atoms with Gasteiger partial charge in [-0.25, -0.2) is 4.79 Å². The van der Waals surface area contributed by atoms with Crippen molar-refractivity contribution in [3.8, 4) is 0 Å². The Bertz CT molecular complexity index is 520. The minimum atomic E-state index is -1.67. The molecule has 1 unspecified atom stereocenters. The Morgan fingerprint density at radius 1 is 1.25 bits per heavy atom. The first-order chi connectivity index (χ1) is 9.58. The van der Waals surface area contributed by atoms with Crippen molar-refractivity contribution in [3.63, 3.8) is 0 Å². The highest BCUT2D eigenvalue weighted by atomic mass is 16.6. The summed E-state index contributed by atoms with van der Waals surface area (Å²) in [6.07, 6.45) is -1.45. The van der Waals surface area contributed by atoms with Crippen LogP contribution in [0.4, 0.5) is 0 Å². The van der Waals surface area contributed by atoms with Crippen molar-refractivity contribution in [1.82, 2.24) is 5.32 Å². The molecular weight excluding hydrogens is 266 g/mol. The van der Waals surface area contributed by atoms with Gasteiger partial charge in [-0.2, -0.15) is 0 Å². The fourth-order valence-corrected chi connectivity index (χ4v) is 1.29. The van der Waals surface area contributed by atoms with Gasteiger partial charge in [0.2, 0.25) is 6.41 Å². The van der Waals surface area contributed by atoms with Crippen molar-refractivity contribution in [2.75, 3.05) is 6.61 Å². The number of amides is 1. The molecule has 7 heteroatoms. The molecule has 0 radical (unpaired) electrons. The third kappa shape index (κ3) is 4.69. The number of benzene rings is 1. The molecule has 1 atom stereocenters. The molecule has 2 aliphatic rings. The van der Waals surface area contributed by atoms with Gasteiger partial charge in [-0.1, -0.05) is 24.3 Å². The highest BCUT2D eigenvalue weighted by Gasteiger charge is 2.20. The Kier molecular flexibility index (Phi) is 6.18. The van der Waals surface area contributed by atoms with E-state index >= 15 is 0 Å². The molecule has 2 aliphatic carbocycles. The molecule has 0 heterocycles. The summed E-state index contributed by atoms with van der Waals surface area (Å²) in [5.74, 6) is -2.25. The maximum atomic E-state index is 10.8. The van der Waals surface area contributed by atoms with Crippen LogP contribution in [-0.2, 0) is 19.1 Å². The number of carboxylic acids is 1. The van der Waals surface area contributed by atoms with Crippen molar-refractivity contribution in [1.29, 1.82) is 0 Å². The first-order valence-electron chi connectivity index (χ1n) is 5.91. The minimum absolute atomic E-state index is 0.0964. The van der Waals surface area contributed by atoms with Crippen molar-refractivity contribution in [3.05, 3.63) is 34.7 Å². The summed E-state index contributed by atoms with van der Waals surface area (Å²) >= 11 is 0. The Balaban J connectivity index is 0.000000267. The quantitative estimate of drug-likeness (QED) is 0.366.